The summed E-state index contributed by atoms with van der Waals surface area (Å²) in [6.07, 6.45) is 0.816. The third-order valence-corrected chi connectivity index (χ3v) is 2.07. The van der Waals surface area contributed by atoms with Gasteiger partial charge in [-0.05, 0) is 25.5 Å². The van der Waals surface area contributed by atoms with Gasteiger partial charge in [-0.25, -0.2) is 0 Å². The van der Waals surface area contributed by atoms with Crippen LogP contribution in [0.3, 0.4) is 0 Å². The van der Waals surface area contributed by atoms with Crippen molar-refractivity contribution in [3.8, 4) is 0 Å². The highest BCUT2D eigenvalue weighted by atomic mass is 16.4. The number of aliphatic carboxylic acids is 1. The Hall–Kier alpha value is -1.25. The average molecular weight is 167 g/mol. The van der Waals surface area contributed by atoms with Crippen LogP contribution in [0.5, 0.6) is 0 Å². The summed E-state index contributed by atoms with van der Waals surface area (Å²) in [4.78, 5) is 10.3. The summed E-state index contributed by atoms with van der Waals surface area (Å²) in [5.41, 5.74) is 2.24. The Kier molecular flexibility index (Phi) is 2.53. The Balaban J connectivity index is 2.63. The first-order valence-electron chi connectivity index (χ1n) is 3.94. The zero-order chi connectivity index (χ0) is 9.14. The molecule has 66 valence electrons. The van der Waals surface area contributed by atoms with Crippen LogP contribution in [0.15, 0.2) is 12.1 Å². The van der Waals surface area contributed by atoms with E-state index in [4.69, 9.17) is 5.11 Å². The second-order valence-corrected chi connectivity index (χ2v) is 2.92. The minimum absolute atomic E-state index is 0.206. The van der Waals surface area contributed by atoms with Gasteiger partial charge in [0.05, 0.1) is 6.42 Å². The Morgan fingerprint density at radius 2 is 2.25 bits per heavy atom. The van der Waals surface area contributed by atoms with Gasteiger partial charge in [0.25, 0.3) is 0 Å². The van der Waals surface area contributed by atoms with E-state index in [1.165, 1.54) is 0 Å². The Bertz CT molecular complexity index is 289. The molecule has 0 amide bonds. The molecular weight excluding hydrogens is 154 g/mol. The molecule has 0 aliphatic rings. The van der Waals surface area contributed by atoms with Gasteiger partial charge in [-0.2, -0.15) is 0 Å². The van der Waals surface area contributed by atoms with Crippen LogP contribution in [0.25, 0.3) is 0 Å². The number of aromatic nitrogens is 1. The fourth-order valence-corrected chi connectivity index (χ4v) is 1.15. The van der Waals surface area contributed by atoms with E-state index in [1.54, 1.807) is 0 Å². The third kappa shape index (κ3) is 1.87. The molecule has 0 bridgehead atoms. The summed E-state index contributed by atoms with van der Waals surface area (Å²) in [6.45, 7) is 2.00. The summed E-state index contributed by atoms with van der Waals surface area (Å²) >= 11 is 0. The molecule has 0 saturated carbocycles. The summed E-state index contributed by atoms with van der Waals surface area (Å²) in [6, 6.07) is 3.97. The molecule has 3 nitrogen and oxygen atoms in total. The fraction of sp³-hybridized carbons (Fsp3) is 0.444. The first-order valence-corrected chi connectivity index (χ1v) is 3.94. The molecular formula is C9H13NO2. The highest BCUT2D eigenvalue weighted by Gasteiger charge is 2.03. The van der Waals surface area contributed by atoms with Crippen molar-refractivity contribution in [2.24, 2.45) is 7.05 Å². The van der Waals surface area contributed by atoms with E-state index in [1.807, 2.05) is 30.7 Å². The molecule has 0 unspecified atom stereocenters. The maximum Gasteiger partial charge on any atom is 0.303 e. The van der Waals surface area contributed by atoms with Crippen molar-refractivity contribution in [1.82, 2.24) is 4.57 Å². The minimum Gasteiger partial charge on any atom is -0.481 e. The van der Waals surface area contributed by atoms with Gasteiger partial charge >= 0.3 is 5.97 Å². The van der Waals surface area contributed by atoms with Crippen LogP contribution >= 0.6 is 0 Å². The van der Waals surface area contributed by atoms with E-state index < -0.39 is 5.97 Å². The topological polar surface area (TPSA) is 42.2 Å². The largest absolute Gasteiger partial charge is 0.481 e. The Labute approximate surface area is 71.6 Å². The van der Waals surface area contributed by atoms with Crippen molar-refractivity contribution in [3.05, 3.63) is 23.5 Å². The number of nitrogens with zero attached hydrogens (tertiary/aromatic N) is 1. The van der Waals surface area contributed by atoms with Crippen LogP contribution in [0, 0.1) is 6.92 Å². The maximum absolute atomic E-state index is 10.3. The normalized spacial score (nSPS) is 10.2. The number of hydrogen-bond acceptors (Lipinski definition) is 1. The van der Waals surface area contributed by atoms with Crippen molar-refractivity contribution in [3.63, 3.8) is 0 Å². The van der Waals surface area contributed by atoms with Gasteiger partial charge in [0.1, 0.15) is 0 Å². The summed E-state index contributed by atoms with van der Waals surface area (Å²) < 4.78 is 2.02. The molecule has 0 radical (unpaired) electrons. The first kappa shape index (κ1) is 8.84. The number of aryl methyl sites for hydroxylation is 2. The van der Waals surface area contributed by atoms with Crippen molar-refractivity contribution in [2.75, 3.05) is 0 Å². The molecule has 1 aromatic rings. The van der Waals surface area contributed by atoms with Gasteiger partial charge in [0.2, 0.25) is 0 Å². The average Bonchev–Trinajstić information content (AvgIpc) is 2.30. The maximum atomic E-state index is 10.3. The molecule has 1 N–H and O–H groups in total. The van der Waals surface area contributed by atoms with Crippen LogP contribution in [-0.4, -0.2) is 15.6 Å². The first-order chi connectivity index (χ1) is 5.61. The predicted octanol–water partition coefficient (Wildman–Crippen LogP) is 1.35. The van der Waals surface area contributed by atoms with Gasteiger partial charge in [0.15, 0.2) is 0 Å². The van der Waals surface area contributed by atoms with E-state index in [0.717, 1.165) is 11.4 Å². The van der Waals surface area contributed by atoms with Crippen LogP contribution in [0.2, 0.25) is 0 Å². The lowest BCUT2D eigenvalue weighted by molar-refractivity contribution is -0.136. The monoisotopic (exact) mass is 167 g/mol. The van der Waals surface area contributed by atoms with Gasteiger partial charge in [-0.3, -0.25) is 4.79 Å². The smallest absolute Gasteiger partial charge is 0.303 e. The molecule has 0 aromatic carbocycles. The number of hydrogen-bond donors (Lipinski definition) is 1. The van der Waals surface area contributed by atoms with Gasteiger partial charge < -0.3 is 9.67 Å². The third-order valence-electron chi connectivity index (χ3n) is 2.07. The van der Waals surface area contributed by atoms with Crippen molar-refractivity contribution in [1.29, 1.82) is 0 Å². The summed E-state index contributed by atoms with van der Waals surface area (Å²) in [5.74, 6) is -0.742. The predicted molar refractivity (Wildman–Crippen MR) is 46.1 cm³/mol. The number of rotatable bonds is 3. The van der Waals surface area contributed by atoms with Crippen LogP contribution < -0.4 is 0 Å². The minimum atomic E-state index is -0.742. The van der Waals surface area contributed by atoms with Crippen molar-refractivity contribution in [2.45, 2.75) is 19.8 Å². The second kappa shape index (κ2) is 3.43. The van der Waals surface area contributed by atoms with Crippen molar-refractivity contribution < 1.29 is 9.90 Å². The highest BCUT2D eigenvalue weighted by Crippen LogP contribution is 2.07. The van der Waals surface area contributed by atoms with Gasteiger partial charge in [0, 0.05) is 18.4 Å². The molecule has 0 spiro atoms. The van der Waals surface area contributed by atoms with Crippen LogP contribution in [0.1, 0.15) is 17.8 Å². The lowest BCUT2D eigenvalue weighted by Crippen LogP contribution is -2.02. The Morgan fingerprint density at radius 1 is 1.58 bits per heavy atom. The lowest BCUT2D eigenvalue weighted by Gasteiger charge is -2.02. The quantitative estimate of drug-likeness (QED) is 0.738. The van der Waals surface area contributed by atoms with Gasteiger partial charge in [-0.1, -0.05) is 0 Å². The molecule has 1 aromatic heterocycles. The molecule has 0 saturated heterocycles. The molecule has 0 atom stereocenters. The van der Waals surface area contributed by atoms with Gasteiger partial charge in [-0.15, -0.1) is 0 Å². The molecule has 0 fully saturated rings. The zero-order valence-corrected chi connectivity index (χ0v) is 7.37. The fourth-order valence-electron chi connectivity index (χ4n) is 1.15. The lowest BCUT2D eigenvalue weighted by atomic mass is 10.2. The van der Waals surface area contributed by atoms with E-state index in [-0.39, 0.29) is 6.42 Å². The van der Waals surface area contributed by atoms with E-state index >= 15 is 0 Å². The standard InChI is InChI=1S/C9H13NO2/c1-7-3-4-8(10(7)2)5-6-9(11)12/h3-4H,5-6H2,1-2H3,(H,11,12). The van der Waals surface area contributed by atoms with E-state index in [9.17, 15) is 4.79 Å². The SMILES string of the molecule is Cc1ccc(CCC(=O)O)n1C. The zero-order valence-electron chi connectivity index (χ0n) is 7.37. The number of carboxylic acid groups (broad SMARTS) is 1. The molecule has 12 heavy (non-hydrogen) atoms. The van der Waals surface area contributed by atoms with Crippen molar-refractivity contribution >= 4 is 5.97 Å². The second-order valence-electron chi connectivity index (χ2n) is 2.92. The number of carboxylic acids is 1. The highest BCUT2D eigenvalue weighted by molar-refractivity contribution is 5.66. The molecule has 1 heterocycles. The molecule has 3 heteroatoms. The molecule has 0 aliphatic carbocycles. The van der Waals surface area contributed by atoms with Crippen LogP contribution in [0.4, 0.5) is 0 Å². The van der Waals surface area contributed by atoms with Crippen LogP contribution in [-0.2, 0) is 18.3 Å². The van der Waals surface area contributed by atoms with E-state index in [2.05, 4.69) is 0 Å². The summed E-state index contributed by atoms with van der Waals surface area (Å²) in [7, 11) is 1.95. The summed E-state index contributed by atoms with van der Waals surface area (Å²) in [5, 5.41) is 8.46. The Morgan fingerprint density at radius 3 is 2.67 bits per heavy atom. The van der Waals surface area contributed by atoms with E-state index in [0.29, 0.717) is 6.42 Å². The number of carbonyl (C=O) groups is 1. The molecule has 0 aliphatic heterocycles. The molecule has 1 rings (SSSR count).